The Labute approximate surface area is 218 Å². The minimum Gasteiger partial charge on any atom is -0.493 e. The van der Waals surface area contributed by atoms with E-state index in [4.69, 9.17) is 9.47 Å². The first kappa shape index (κ1) is 27.5. The number of hydrogen-bond acceptors (Lipinski definition) is 6. The lowest BCUT2D eigenvalue weighted by molar-refractivity contribution is -0.119. The van der Waals surface area contributed by atoms with E-state index in [2.05, 4.69) is 17.1 Å². The number of hydrazone groups is 1. The first-order valence-corrected chi connectivity index (χ1v) is 13.0. The normalized spacial score (nSPS) is 11.2. The third-order valence-electron chi connectivity index (χ3n) is 5.48. The van der Waals surface area contributed by atoms with E-state index in [-0.39, 0.29) is 4.90 Å². The zero-order chi connectivity index (χ0) is 27.0. The van der Waals surface area contributed by atoms with Gasteiger partial charge in [0.15, 0.2) is 11.5 Å². The molecule has 9 heteroatoms. The number of nitrogens with one attached hydrogen (secondary N) is 1. The first-order chi connectivity index (χ1) is 17.6. The largest absolute Gasteiger partial charge is 0.493 e. The summed E-state index contributed by atoms with van der Waals surface area (Å²) in [7, 11) is -2.50. The Morgan fingerprint density at radius 1 is 1.00 bits per heavy atom. The molecule has 0 aliphatic rings. The highest BCUT2D eigenvalue weighted by Gasteiger charge is 2.28. The van der Waals surface area contributed by atoms with Gasteiger partial charge in [0.05, 0.1) is 23.9 Å². The Bertz CT molecular complexity index is 1400. The fourth-order valence-electron chi connectivity index (χ4n) is 3.50. The van der Waals surface area contributed by atoms with Gasteiger partial charge in [-0.2, -0.15) is 5.10 Å². The van der Waals surface area contributed by atoms with Crippen LogP contribution in [0.3, 0.4) is 0 Å². The number of nitrogens with zero attached hydrogens (tertiary/aromatic N) is 2. The number of benzene rings is 3. The van der Waals surface area contributed by atoms with Crippen LogP contribution in [0.15, 0.2) is 83.3 Å². The minimum atomic E-state index is -4.02. The number of rotatable bonds is 11. The molecular weight excluding hydrogens is 490 g/mol. The van der Waals surface area contributed by atoms with Gasteiger partial charge in [0.25, 0.3) is 15.9 Å². The van der Waals surface area contributed by atoms with Gasteiger partial charge in [-0.3, -0.25) is 9.10 Å². The second-order valence-corrected chi connectivity index (χ2v) is 10.3. The van der Waals surface area contributed by atoms with Crippen LogP contribution in [0, 0.1) is 20.8 Å². The van der Waals surface area contributed by atoms with Crippen molar-refractivity contribution in [1.82, 2.24) is 5.43 Å². The van der Waals surface area contributed by atoms with Gasteiger partial charge in [-0.25, -0.2) is 13.8 Å². The van der Waals surface area contributed by atoms with Crippen LogP contribution in [0.1, 0.15) is 22.3 Å². The maximum absolute atomic E-state index is 13.6. The molecule has 3 rings (SSSR count). The van der Waals surface area contributed by atoms with Crippen molar-refractivity contribution in [3.63, 3.8) is 0 Å². The number of sulfonamides is 1. The maximum atomic E-state index is 13.6. The summed E-state index contributed by atoms with van der Waals surface area (Å²) in [6.07, 6.45) is 3.07. The van der Waals surface area contributed by atoms with E-state index in [0.717, 1.165) is 21.0 Å². The van der Waals surface area contributed by atoms with Crippen LogP contribution in [0.25, 0.3) is 0 Å². The Kier molecular flexibility index (Phi) is 9.08. The van der Waals surface area contributed by atoms with Crippen LogP contribution >= 0.6 is 0 Å². The Morgan fingerprint density at radius 3 is 2.38 bits per heavy atom. The number of carbonyl (C=O) groups excluding carboxylic acids is 1. The van der Waals surface area contributed by atoms with Gasteiger partial charge < -0.3 is 9.47 Å². The van der Waals surface area contributed by atoms with E-state index in [1.807, 2.05) is 26.0 Å². The highest BCUT2D eigenvalue weighted by molar-refractivity contribution is 7.92. The SMILES string of the molecule is C=CCOc1ccc(/C=N\NC(=O)CN(c2cc(C)ccc2C)S(=O)(=O)c2ccc(C)cc2)cc1OC. The molecule has 0 saturated heterocycles. The molecule has 0 aliphatic carbocycles. The van der Waals surface area contributed by atoms with E-state index in [1.54, 1.807) is 49.4 Å². The van der Waals surface area contributed by atoms with Crippen molar-refractivity contribution in [2.24, 2.45) is 5.10 Å². The topological polar surface area (TPSA) is 97.3 Å². The fraction of sp³-hybridized carbons (Fsp3) is 0.214. The van der Waals surface area contributed by atoms with Gasteiger partial charge >= 0.3 is 0 Å². The van der Waals surface area contributed by atoms with Crippen molar-refractivity contribution in [3.8, 4) is 11.5 Å². The molecule has 0 heterocycles. The maximum Gasteiger partial charge on any atom is 0.264 e. The summed E-state index contributed by atoms with van der Waals surface area (Å²) in [4.78, 5) is 13.0. The molecule has 0 aromatic heterocycles. The van der Waals surface area contributed by atoms with Gasteiger partial charge in [-0.05, 0) is 73.9 Å². The van der Waals surface area contributed by atoms with Gasteiger partial charge in [0, 0.05) is 0 Å². The number of anilines is 1. The standard InChI is InChI=1S/C28H31N3O5S/c1-6-15-36-26-14-11-23(17-27(26)35-5)18-29-30-28(32)19-31(25-16-21(3)7-10-22(25)4)37(33,34)24-12-8-20(2)9-13-24/h6-14,16-18H,1,15,19H2,2-5H3,(H,30,32)/b29-18-. The highest BCUT2D eigenvalue weighted by atomic mass is 32.2. The summed E-state index contributed by atoms with van der Waals surface area (Å²) < 4.78 is 39.2. The van der Waals surface area contributed by atoms with E-state index in [9.17, 15) is 13.2 Å². The lowest BCUT2D eigenvalue weighted by atomic mass is 10.1. The summed E-state index contributed by atoms with van der Waals surface area (Å²) in [6, 6.07) is 17.2. The molecule has 0 saturated carbocycles. The van der Waals surface area contributed by atoms with Crippen molar-refractivity contribution in [2.75, 3.05) is 24.6 Å². The summed E-state index contributed by atoms with van der Waals surface area (Å²) in [6.45, 7) is 9.06. The zero-order valence-corrected chi connectivity index (χ0v) is 22.2. The van der Waals surface area contributed by atoms with Gasteiger partial charge in [-0.1, -0.05) is 42.5 Å². The molecule has 8 nitrogen and oxygen atoms in total. The molecule has 37 heavy (non-hydrogen) atoms. The van der Waals surface area contributed by atoms with E-state index >= 15 is 0 Å². The Morgan fingerprint density at radius 2 is 1.70 bits per heavy atom. The van der Waals surface area contributed by atoms with E-state index < -0.39 is 22.5 Å². The average Bonchev–Trinajstić information content (AvgIpc) is 2.88. The molecule has 0 spiro atoms. The summed E-state index contributed by atoms with van der Waals surface area (Å²) in [5, 5.41) is 4.00. The van der Waals surface area contributed by atoms with Crippen molar-refractivity contribution in [3.05, 3.63) is 95.6 Å². The molecule has 3 aromatic rings. The van der Waals surface area contributed by atoms with Crippen LogP contribution in [-0.4, -0.2) is 40.8 Å². The van der Waals surface area contributed by atoms with Gasteiger partial charge in [-0.15, -0.1) is 0 Å². The molecular formula is C28H31N3O5S. The lowest BCUT2D eigenvalue weighted by Gasteiger charge is -2.25. The lowest BCUT2D eigenvalue weighted by Crippen LogP contribution is -2.40. The molecule has 3 aromatic carbocycles. The molecule has 0 radical (unpaired) electrons. The average molecular weight is 522 g/mol. The van der Waals surface area contributed by atoms with Crippen molar-refractivity contribution in [2.45, 2.75) is 25.7 Å². The number of methoxy groups -OCH3 is 1. The monoisotopic (exact) mass is 521 g/mol. The molecule has 0 aliphatic heterocycles. The molecule has 0 atom stereocenters. The molecule has 1 N–H and O–H groups in total. The van der Waals surface area contributed by atoms with Gasteiger partial charge in [0.2, 0.25) is 0 Å². The molecule has 194 valence electrons. The molecule has 0 bridgehead atoms. The minimum absolute atomic E-state index is 0.0983. The number of ether oxygens (including phenoxy) is 2. The Hall–Kier alpha value is -4.11. The second kappa shape index (κ2) is 12.2. The number of aryl methyl sites for hydroxylation is 3. The van der Waals surface area contributed by atoms with E-state index in [0.29, 0.717) is 29.4 Å². The van der Waals surface area contributed by atoms with Crippen LogP contribution in [-0.2, 0) is 14.8 Å². The van der Waals surface area contributed by atoms with Crippen LogP contribution in [0.2, 0.25) is 0 Å². The van der Waals surface area contributed by atoms with Crippen molar-refractivity contribution < 1.29 is 22.7 Å². The molecule has 0 fully saturated rings. The molecule has 0 unspecified atom stereocenters. The summed E-state index contributed by atoms with van der Waals surface area (Å²) in [5.41, 5.74) is 6.04. The zero-order valence-electron chi connectivity index (χ0n) is 21.4. The smallest absolute Gasteiger partial charge is 0.264 e. The Balaban J connectivity index is 1.83. The van der Waals surface area contributed by atoms with Gasteiger partial charge in [0.1, 0.15) is 13.2 Å². The number of hydrogen-bond donors (Lipinski definition) is 1. The third-order valence-corrected chi connectivity index (χ3v) is 7.25. The summed E-state index contributed by atoms with van der Waals surface area (Å²) >= 11 is 0. The van der Waals surface area contributed by atoms with Crippen molar-refractivity contribution >= 4 is 27.8 Å². The molecule has 1 amide bonds. The van der Waals surface area contributed by atoms with E-state index in [1.165, 1.54) is 25.5 Å². The fourth-order valence-corrected chi connectivity index (χ4v) is 4.98. The van der Waals surface area contributed by atoms with Crippen LogP contribution in [0.5, 0.6) is 11.5 Å². The second-order valence-electron chi connectivity index (χ2n) is 8.42. The third kappa shape index (κ3) is 6.98. The number of amides is 1. The number of carbonyl (C=O) groups is 1. The predicted octanol–water partition coefficient (Wildman–Crippen LogP) is 4.53. The quantitative estimate of drug-likeness (QED) is 0.227. The predicted molar refractivity (Wildman–Crippen MR) is 146 cm³/mol. The van der Waals surface area contributed by atoms with Crippen LogP contribution in [0.4, 0.5) is 5.69 Å². The van der Waals surface area contributed by atoms with Crippen molar-refractivity contribution in [1.29, 1.82) is 0 Å². The highest BCUT2D eigenvalue weighted by Crippen LogP contribution is 2.29. The summed E-state index contributed by atoms with van der Waals surface area (Å²) in [5.74, 6) is 0.460. The van der Waals surface area contributed by atoms with Crippen LogP contribution < -0.4 is 19.2 Å². The first-order valence-electron chi connectivity index (χ1n) is 11.6.